The number of hydrogen-bond donors (Lipinski definition) is 2. The summed E-state index contributed by atoms with van der Waals surface area (Å²) >= 11 is 0. The molecule has 2 amide bonds. The molecule has 166 valence electrons. The van der Waals surface area contributed by atoms with Gasteiger partial charge in [0.1, 0.15) is 22.6 Å². The Morgan fingerprint density at radius 3 is 2.56 bits per heavy atom. The number of fused-ring (bicyclic) bond motifs is 1. The number of imidazole rings is 1. The first-order valence-electron chi connectivity index (χ1n) is 10.1. The summed E-state index contributed by atoms with van der Waals surface area (Å²) < 4.78 is 25.5. The third-order valence-corrected chi connectivity index (χ3v) is 5.22. The molecule has 1 aromatic heterocycles. The lowest BCUT2D eigenvalue weighted by Crippen LogP contribution is -2.21. The highest BCUT2D eigenvalue weighted by Crippen LogP contribution is 2.36. The van der Waals surface area contributed by atoms with Crippen LogP contribution in [0.3, 0.4) is 0 Å². The number of aromatic nitrogens is 2. The van der Waals surface area contributed by atoms with Crippen molar-refractivity contribution in [3.8, 4) is 5.75 Å². The Balaban J connectivity index is 1.66. The molecule has 0 aliphatic carbocycles. The molecule has 0 bridgehead atoms. The second kappa shape index (κ2) is 8.80. The molecule has 32 heavy (non-hydrogen) atoms. The van der Waals surface area contributed by atoms with E-state index in [1.54, 1.807) is 38.4 Å². The monoisotopic (exact) mass is 438 g/mol. The number of benzene rings is 2. The van der Waals surface area contributed by atoms with Crippen molar-refractivity contribution in [3.05, 3.63) is 58.9 Å². The van der Waals surface area contributed by atoms with Gasteiger partial charge in [-0.1, -0.05) is 6.08 Å². The molecular formula is C23H23FN4O4. The summed E-state index contributed by atoms with van der Waals surface area (Å²) in [4.78, 5) is 33.7. The number of nitrogens with one attached hydrogen (secondary N) is 2. The molecule has 0 fully saturated rings. The molecule has 2 aromatic carbocycles. The lowest BCUT2D eigenvalue weighted by molar-refractivity contribution is 0.0827. The number of halogens is 1. The predicted octanol–water partition coefficient (Wildman–Crippen LogP) is 3.47. The second-order valence-corrected chi connectivity index (χ2v) is 7.53. The van der Waals surface area contributed by atoms with E-state index in [-0.39, 0.29) is 17.6 Å². The van der Waals surface area contributed by atoms with E-state index in [2.05, 4.69) is 15.3 Å². The largest absolute Gasteiger partial charge is 0.494 e. The number of amides is 2. The quantitative estimate of drug-likeness (QED) is 0.636. The first kappa shape index (κ1) is 21.5. The van der Waals surface area contributed by atoms with Gasteiger partial charge in [0.2, 0.25) is 5.95 Å². The summed E-state index contributed by atoms with van der Waals surface area (Å²) in [5, 5.41) is 2.70. The Morgan fingerprint density at radius 2 is 1.94 bits per heavy atom. The number of rotatable bonds is 5. The van der Waals surface area contributed by atoms with E-state index in [1.807, 2.05) is 6.08 Å². The van der Waals surface area contributed by atoms with Crippen molar-refractivity contribution in [2.75, 3.05) is 39.7 Å². The number of carbonyl (C=O) groups is 2. The van der Waals surface area contributed by atoms with Crippen LogP contribution in [0.25, 0.3) is 16.6 Å². The first-order chi connectivity index (χ1) is 15.4. The van der Waals surface area contributed by atoms with Gasteiger partial charge in [-0.3, -0.25) is 14.9 Å². The molecule has 0 radical (unpaired) electrons. The summed E-state index contributed by atoms with van der Waals surface area (Å²) in [6.07, 6.45) is 2.39. The Labute approximate surface area is 184 Å². The molecular weight excluding hydrogens is 415 g/mol. The van der Waals surface area contributed by atoms with Crippen molar-refractivity contribution in [2.45, 2.75) is 6.42 Å². The first-order valence-corrected chi connectivity index (χ1v) is 10.1. The van der Waals surface area contributed by atoms with Crippen molar-refractivity contribution in [3.63, 3.8) is 0 Å². The zero-order valence-electron chi connectivity index (χ0n) is 18.0. The third kappa shape index (κ3) is 4.06. The van der Waals surface area contributed by atoms with Gasteiger partial charge in [-0.15, -0.1) is 0 Å². The molecule has 0 saturated carbocycles. The highest BCUT2D eigenvalue weighted by atomic mass is 19.1. The van der Waals surface area contributed by atoms with Gasteiger partial charge >= 0.3 is 0 Å². The third-order valence-electron chi connectivity index (χ3n) is 5.22. The Morgan fingerprint density at radius 1 is 1.22 bits per heavy atom. The van der Waals surface area contributed by atoms with Gasteiger partial charge in [-0.2, -0.15) is 0 Å². The normalized spacial score (nSPS) is 13.6. The van der Waals surface area contributed by atoms with Crippen molar-refractivity contribution >= 4 is 34.4 Å². The molecule has 2 heterocycles. The average Bonchev–Trinajstić information content (AvgIpc) is 3.21. The van der Waals surface area contributed by atoms with Crippen LogP contribution in [-0.2, 0) is 4.74 Å². The fourth-order valence-corrected chi connectivity index (χ4v) is 3.59. The zero-order chi connectivity index (χ0) is 22.8. The van der Waals surface area contributed by atoms with E-state index in [1.165, 1.54) is 18.1 Å². The van der Waals surface area contributed by atoms with Gasteiger partial charge < -0.3 is 19.4 Å². The Hall–Kier alpha value is -3.72. The Kier molecular flexibility index (Phi) is 5.91. The van der Waals surface area contributed by atoms with Gasteiger partial charge in [-0.05, 0) is 36.3 Å². The van der Waals surface area contributed by atoms with Crippen LogP contribution in [0.1, 0.15) is 32.7 Å². The molecule has 0 spiro atoms. The van der Waals surface area contributed by atoms with Crippen LogP contribution in [0.5, 0.6) is 5.75 Å². The van der Waals surface area contributed by atoms with E-state index < -0.39 is 11.7 Å². The predicted molar refractivity (Wildman–Crippen MR) is 118 cm³/mol. The molecule has 3 aromatic rings. The number of H-pyrrole nitrogens is 1. The topological polar surface area (TPSA) is 96.6 Å². The van der Waals surface area contributed by atoms with Crippen LogP contribution in [-0.4, -0.2) is 61.1 Å². The number of carbonyl (C=O) groups excluding carboxylic acids is 2. The minimum atomic E-state index is -0.451. The molecule has 0 saturated heterocycles. The molecule has 8 nitrogen and oxygen atoms in total. The highest BCUT2D eigenvalue weighted by Gasteiger charge is 2.22. The van der Waals surface area contributed by atoms with E-state index in [9.17, 15) is 14.0 Å². The maximum absolute atomic E-state index is 14.9. The molecule has 2 N–H and O–H groups in total. The lowest BCUT2D eigenvalue weighted by Gasteiger charge is -2.15. The van der Waals surface area contributed by atoms with Crippen LogP contribution in [0.15, 0.2) is 36.4 Å². The van der Waals surface area contributed by atoms with E-state index >= 15 is 0 Å². The summed E-state index contributed by atoms with van der Waals surface area (Å²) in [6.45, 7) is 0.905. The number of nitrogens with zero attached hydrogens (tertiary/aromatic N) is 2. The van der Waals surface area contributed by atoms with E-state index in [4.69, 9.17) is 9.47 Å². The summed E-state index contributed by atoms with van der Waals surface area (Å²) in [6, 6.07) is 7.60. The molecule has 1 aliphatic heterocycles. The number of hydrogen-bond acceptors (Lipinski definition) is 5. The minimum absolute atomic E-state index is 0.154. The van der Waals surface area contributed by atoms with Gasteiger partial charge in [0, 0.05) is 36.9 Å². The van der Waals surface area contributed by atoms with Crippen LogP contribution >= 0.6 is 0 Å². The Bertz CT molecular complexity index is 1210. The number of aromatic amines is 1. The van der Waals surface area contributed by atoms with Gasteiger partial charge in [-0.25, -0.2) is 9.37 Å². The van der Waals surface area contributed by atoms with Crippen LogP contribution in [0.2, 0.25) is 0 Å². The van der Waals surface area contributed by atoms with Crippen molar-refractivity contribution in [1.82, 2.24) is 14.9 Å². The lowest BCUT2D eigenvalue weighted by atomic mass is 9.99. The second-order valence-electron chi connectivity index (χ2n) is 7.53. The van der Waals surface area contributed by atoms with Gasteiger partial charge in [0.15, 0.2) is 0 Å². The fourth-order valence-electron chi connectivity index (χ4n) is 3.59. The fraction of sp³-hybridized carbons (Fsp3) is 0.261. The SMILES string of the molecule is COc1cc(F)c(C2=CCOCC2)c2nc(NC(=O)c3ccc(C(=O)N(C)C)cc3)[nH]c12. The van der Waals surface area contributed by atoms with E-state index in [0.717, 1.165) is 5.57 Å². The van der Waals surface area contributed by atoms with Gasteiger partial charge in [0.05, 0.1) is 20.3 Å². The van der Waals surface area contributed by atoms with E-state index in [0.29, 0.717) is 47.4 Å². The van der Waals surface area contributed by atoms with Gasteiger partial charge in [0.25, 0.3) is 11.8 Å². The standard InChI is InChI=1S/C23H23FN4O4/c1-28(2)22(30)15-6-4-14(5-7-15)21(29)27-23-25-19-17(31-3)12-16(24)18(20(19)26-23)13-8-10-32-11-9-13/h4-8,12H,9-11H2,1-3H3,(H2,25,26,27,29). The molecule has 1 aliphatic rings. The molecule has 0 atom stereocenters. The maximum Gasteiger partial charge on any atom is 0.257 e. The summed E-state index contributed by atoms with van der Waals surface area (Å²) in [5.74, 6) is -0.574. The van der Waals surface area contributed by atoms with Crippen molar-refractivity contribution in [2.24, 2.45) is 0 Å². The number of ether oxygens (including phenoxy) is 2. The van der Waals surface area contributed by atoms with Crippen molar-refractivity contribution in [1.29, 1.82) is 0 Å². The van der Waals surface area contributed by atoms with Crippen LogP contribution < -0.4 is 10.1 Å². The summed E-state index contributed by atoms with van der Waals surface area (Å²) in [5.41, 5.74) is 2.85. The van der Waals surface area contributed by atoms with Crippen LogP contribution in [0, 0.1) is 5.82 Å². The molecule has 4 rings (SSSR count). The van der Waals surface area contributed by atoms with Crippen LogP contribution in [0.4, 0.5) is 10.3 Å². The number of anilines is 1. The highest BCUT2D eigenvalue weighted by molar-refractivity contribution is 6.05. The van der Waals surface area contributed by atoms with Crippen molar-refractivity contribution < 1.29 is 23.5 Å². The number of methoxy groups -OCH3 is 1. The average molecular weight is 438 g/mol. The molecule has 0 unspecified atom stereocenters. The molecule has 9 heteroatoms. The minimum Gasteiger partial charge on any atom is -0.494 e. The zero-order valence-corrected chi connectivity index (χ0v) is 18.0. The summed E-state index contributed by atoms with van der Waals surface area (Å²) in [7, 11) is 4.76. The smallest absolute Gasteiger partial charge is 0.257 e. The maximum atomic E-state index is 14.9.